The van der Waals surface area contributed by atoms with Crippen LogP contribution in [0.4, 0.5) is 0 Å². The fraction of sp³-hybridized carbons (Fsp3) is 0.600. The van der Waals surface area contributed by atoms with Gasteiger partial charge in [-0.05, 0) is 31.1 Å². The number of benzene rings is 1. The number of hydrogen-bond donors (Lipinski definition) is 1. The van der Waals surface area contributed by atoms with Gasteiger partial charge in [-0.25, -0.2) is 0 Å². The van der Waals surface area contributed by atoms with Crippen molar-refractivity contribution in [1.29, 1.82) is 0 Å². The molecule has 0 aliphatic heterocycles. The summed E-state index contributed by atoms with van der Waals surface area (Å²) in [5.74, 6) is 0.861. The van der Waals surface area contributed by atoms with E-state index in [0.717, 1.165) is 37.4 Å². The molecular formula is C15H25NO2. The van der Waals surface area contributed by atoms with E-state index in [4.69, 9.17) is 4.74 Å². The molecule has 1 atom stereocenters. The van der Waals surface area contributed by atoms with E-state index in [1.165, 1.54) is 0 Å². The number of nitrogens with zero attached hydrogens (tertiary/aromatic N) is 1. The third-order valence-electron chi connectivity index (χ3n) is 3.32. The van der Waals surface area contributed by atoms with Crippen LogP contribution in [-0.2, 0) is 6.42 Å². The first-order valence-electron chi connectivity index (χ1n) is 6.73. The Labute approximate surface area is 110 Å². The van der Waals surface area contributed by atoms with Crippen LogP contribution in [0.3, 0.4) is 0 Å². The quantitative estimate of drug-likeness (QED) is 0.769. The van der Waals surface area contributed by atoms with Gasteiger partial charge in [0.05, 0.1) is 13.2 Å². The van der Waals surface area contributed by atoms with E-state index < -0.39 is 0 Å². The number of methoxy groups -OCH3 is 1. The number of para-hydroxylation sites is 1. The van der Waals surface area contributed by atoms with Crippen LogP contribution in [0.2, 0.25) is 0 Å². The van der Waals surface area contributed by atoms with Crippen LogP contribution in [0, 0.1) is 0 Å². The van der Waals surface area contributed by atoms with E-state index in [1.807, 2.05) is 24.3 Å². The molecule has 1 aromatic carbocycles. The van der Waals surface area contributed by atoms with Gasteiger partial charge in [0.2, 0.25) is 0 Å². The van der Waals surface area contributed by atoms with Crippen molar-refractivity contribution in [3.8, 4) is 5.75 Å². The first-order chi connectivity index (χ1) is 8.71. The average Bonchev–Trinajstić information content (AvgIpc) is 2.40. The predicted molar refractivity (Wildman–Crippen MR) is 75.1 cm³/mol. The summed E-state index contributed by atoms with van der Waals surface area (Å²) in [5, 5.41) is 10.1. The van der Waals surface area contributed by atoms with Crippen molar-refractivity contribution in [1.82, 2.24) is 4.90 Å². The molecular weight excluding hydrogens is 226 g/mol. The highest BCUT2D eigenvalue weighted by Crippen LogP contribution is 2.19. The normalized spacial score (nSPS) is 12.7. The Bertz CT molecular complexity index is 337. The summed E-state index contributed by atoms with van der Waals surface area (Å²) in [6, 6.07) is 7.88. The molecule has 0 aliphatic rings. The maximum Gasteiger partial charge on any atom is 0.122 e. The molecule has 0 aromatic heterocycles. The van der Waals surface area contributed by atoms with Crippen LogP contribution >= 0.6 is 0 Å². The molecule has 0 saturated heterocycles. The Morgan fingerprint density at radius 3 is 2.50 bits per heavy atom. The fourth-order valence-electron chi connectivity index (χ4n) is 2.10. The zero-order valence-electron chi connectivity index (χ0n) is 11.7. The summed E-state index contributed by atoms with van der Waals surface area (Å²) < 4.78 is 5.29. The smallest absolute Gasteiger partial charge is 0.122 e. The van der Waals surface area contributed by atoms with E-state index in [-0.39, 0.29) is 6.10 Å². The molecule has 1 aromatic rings. The molecule has 3 heteroatoms. The van der Waals surface area contributed by atoms with Crippen molar-refractivity contribution in [2.75, 3.05) is 26.7 Å². The molecule has 0 bridgehead atoms. The highest BCUT2D eigenvalue weighted by atomic mass is 16.5. The Balaban J connectivity index is 2.46. The summed E-state index contributed by atoms with van der Waals surface area (Å²) in [4.78, 5) is 2.32. The van der Waals surface area contributed by atoms with Gasteiger partial charge in [-0.3, -0.25) is 0 Å². The van der Waals surface area contributed by atoms with Crippen molar-refractivity contribution in [2.45, 2.75) is 32.8 Å². The SMILES string of the molecule is CCN(CC)CCC(O)Cc1ccccc1OC. The molecule has 0 radical (unpaired) electrons. The van der Waals surface area contributed by atoms with Gasteiger partial charge >= 0.3 is 0 Å². The van der Waals surface area contributed by atoms with Gasteiger partial charge in [0.1, 0.15) is 5.75 Å². The standard InChI is InChI=1S/C15H25NO2/c1-4-16(5-2)11-10-14(17)12-13-8-6-7-9-15(13)18-3/h6-9,14,17H,4-5,10-12H2,1-3H3. The summed E-state index contributed by atoms with van der Waals surface area (Å²) in [6.07, 6.45) is 1.16. The predicted octanol–water partition coefficient (Wildman–Crippen LogP) is 2.33. The minimum absolute atomic E-state index is 0.304. The monoisotopic (exact) mass is 251 g/mol. The Morgan fingerprint density at radius 2 is 1.89 bits per heavy atom. The van der Waals surface area contributed by atoms with Crippen molar-refractivity contribution in [3.05, 3.63) is 29.8 Å². The maximum absolute atomic E-state index is 10.1. The lowest BCUT2D eigenvalue weighted by Gasteiger charge is -2.20. The lowest BCUT2D eigenvalue weighted by molar-refractivity contribution is 0.143. The van der Waals surface area contributed by atoms with Crippen molar-refractivity contribution in [2.24, 2.45) is 0 Å². The lowest BCUT2D eigenvalue weighted by Crippen LogP contribution is -2.27. The topological polar surface area (TPSA) is 32.7 Å². The molecule has 0 heterocycles. The molecule has 18 heavy (non-hydrogen) atoms. The second kappa shape index (κ2) is 8.11. The van der Waals surface area contributed by atoms with E-state index >= 15 is 0 Å². The van der Waals surface area contributed by atoms with Gasteiger partial charge in [-0.1, -0.05) is 32.0 Å². The van der Waals surface area contributed by atoms with Crippen LogP contribution in [0.15, 0.2) is 24.3 Å². The fourth-order valence-corrected chi connectivity index (χ4v) is 2.10. The number of aliphatic hydroxyl groups excluding tert-OH is 1. The van der Waals surface area contributed by atoms with Gasteiger partial charge in [-0.15, -0.1) is 0 Å². The first-order valence-corrected chi connectivity index (χ1v) is 6.73. The molecule has 0 amide bonds. The van der Waals surface area contributed by atoms with Crippen LogP contribution in [-0.4, -0.2) is 42.9 Å². The number of aliphatic hydroxyl groups is 1. The largest absolute Gasteiger partial charge is 0.496 e. The third kappa shape index (κ3) is 4.67. The zero-order chi connectivity index (χ0) is 13.4. The van der Waals surface area contributed by atoms with Crippen LogP contribution in [0.25, 0.3) is 0 Å². The Kier molecular flexibility index (Phi) is 6.76. The molecule has 1 N–H and O–H groups in total. The second-order valence-electron chi connectivity index (χ2n) is 4.49. The number of ether oxygens (including phenoxy) is 1. The van der Waals surface area contributed by atoms with Crippen molar-refractivity contribution in [3.63, 3.8) is 0 Å². The molecule has 0 fully saturated rings. The minimum Gasteiger partial charge on any atom is -0.496 e. The van der Waals surface area contributed by atoms with Crippen LogP contribution < -0.4 is 4.74 Å². The third-order valence-corrected chi connectivity index (χ3v) is 3.32. The van der Waals surface area contributed by atoms with Crippen molar-refractivity contribution < 1.29 is 9.84 Å². The van der Waals surface area contributed by atoms with Crippen LogP contribution in [0.1, 0.15) is 25.8 Å². The Hall–Kier alpha value is -1.06. The summed E-state index contributed by atoms with van der Waals surface area (Å²) in [5.41, 5.74) is 1.08. The summed E-state index contributed by atoms with van der Waals surface area (Å²) in [6.45, 7) is 7.32. The molecule has 0 spiro atoms. The van der Waals surface area contributed by atoms with E-state index in [1.54, 1.807) is 7.11 Å². The lowest BCUT2D eigenvalue weighted by atomic mass is 10.0. The van der Waals surface area contributed by atoms with Gasteiger partial charge < -0.3 is 14.7 Å². The van der Waals surface area contributed by atoms with Gasteiger partial charge in [0.15, 0.2) is 0 Å². The van der Waals surface area contributed by atoms with Gasteiger partial charge in [0, 0.05) is 13.0 Å². The van der Waals surface area contributed by atoms with Gasteiger partial charge in [0.25, 0.3) is 0 Å². The second-order valence-corrected chi connectivity index (χ2v) is 4.49. The Morgan fingerprint density at radius 1 is 1.22 bits per heavy atom. The van der Waals surface area contributed by atoms with Crippen molar-refractivity contribution >= 4 is 0 Å². The number of rotatable bonds is 8. The molecule has 3 nitrogen and oxygen atoms in total. The van der Waals surface area contributed by atoms with Gasteiger partial charge in [-0.2, -0.15) is 0 Å². The summed E-state index contributed by atoms with van der Waals surface area (Å²) >= 11 is 0. The molecule has 1 rings (SSSR count). The highest BCUT2D eigenvalue weighted by Gasteiger charge is 2.10. The van der Waals surface area contributed by atoms with Crippen LogP contribution in [0.5, 0.6) is 5.75 Å². The highest BCUT2D eigenvalue weighted by molar-refractivity contribution is 5.33. The summed E-state index contributed by atoms with van der Waals surface area (Å²) in [7, 11) is 1.67. The molecule has 0 aliphatic carbocycles. The first kappa shape index (κ1) is 15.0. The molecule has 102 valence electrons. The molecule has 0 saturated carbocycles. The zero-order valence-corrected chi connectivity index (χ0v) is 11.7. The number of hydrogen-bond acceptors (Lipinski definition) is 3. The van der Waals surface area contributed by atoms with E-state index in [0.29, 0.717) is 6.42 Å². The van der Waals surface area contributed by atoms with E-state index in [9.17, 15) is 5.11 Å². The maximum atomic E-state index is 10.1. The minimum atomic E-state index is -0.304. The molecule has 1 unspecified atom stereocenters. The average molecular weight is 251 g/mol. The van der Waals surface area contributed by atoms with E-state index in [2.05, 4.69) is 18.7 Å².